The predicted molar refractivity (Wildman–Crippen MR) is 101 cm³/mol. The number of piperidine rings is 1. The number of nitrogens with zero attached hydrogens (tertiary/aromatic N) is 3. The molecule has 9 heteroatoms. The molecule has 1 aliphatic heterocycles. The molecule has 1 saturated heterocycles. The maximum Gasteiger partial charge on any atom is 0.249 e. The van der Waals surface area contributed by atoms with Gasteiger partial charge in [-0.25, -0.2) is 8.42 Å². The minimum absolute atomic E-state index is 0.0338. The summed E-state index contributed by atoms with van der Waals surface area (Å²) in [5.41, 5.74) is 0.771. The Balaban J connectivity index is 1.71. The fraction of sp³-hybridized carbons (Fsp3) is 0.526. The smallest absolute Gasteiger partial charge is 0.249 e. The van der Waals surface area contributed by atoms with Gasteiger partial charge in [0.2, 0.25) is 11.8 Å². The second-order valence-corrected chi connectivity index (χ2v) is 9.00. The van der Waals surface area contributed by atoms with E-state index in [9.17, 15) is 13.2 Å². The van der Waals surface area contributed by atoms with Gasteiger partial charge in [0.15, 0.2) is 15.7 Å². The van der Waals surface area contributed by atoms with E-state index in [1.54, 1.807) is 24.1 Å². The molecule has 1 unspecified atom stereocenters. The van der Waals surface area contributed by atoms with Crippen molar-refractivity contribution in [1.82, 2.24) is 15.0 Å². The van der Waals surface area contributed by atoms with Crippen molar-refractivity contribution >= 4 is 15.7 Å². The van der Waals surface area contributed by atoms with Crippen LogP contribution in [-0.4, -0.2) is 55.9 Å². The molecule has 1 fully saturated rings. The number of carbonyl (C=O) groups is 1. The fourth-order valence-corrected chi connectivity index (χ4v) is 3.95. The number of rotatable bonds is 7. The molecular weight excluding hydrogens is 382 g/mol. The lowest BCUT2D eigenvalue weighted by Crippen LogP contribution is -2.39. The van der Waals surface area contributed by atoms with Crippen LogP contribution in [0.15, 0.2) is 33.7 Å². The molecule has 0 bridgehead atoms. The number of likely N-dealkylation sites (tertiary alicyclic amines) is 1. The first-order valence-corrected chi connectivity index (χ1v) is 11.2. The number of hydrogen-bond donors (Lipinski definition) is 0. The maximum absolute atomic E-state index is 12.9. The van der Waals surface area contributed by atoms with Gasteiger partial charge in [-0.3, -0.25) is 4.79 Å². The van der Waals surface area contributed by atoms with E-state index in [-0.39, 0.29) is 23.3 Å². The molecule has 2 heterocycles. The number of methoxy groups -OCH3 is 1. The van der Waals surface area contributed by atoms with Crippen LogP contribution in [0.1, 0.15) is 42.6 Å². The summed E-state index contributed by atoms with van der Waals surface area (Å²) in [5, 5.41) is 3.98. The summed E-state index contributed by atoms with van der Waals surface area (Å²) in [6.45, 7) is 1.15. The van der Waals surface area contributed by atoms with Gasteiger partial charge in [-0.2, -0.15) is 4.98 Å². The highest BCUT2D eigenvalue weighted by Crippen LogP contribution is 2.30. The highest BCUT2D eigenvalue weighted by atomic mass is 32.2. The van der Waals surface area contributed by atoms with Crippen LogP contribution in [-0.2, 0) is 32.2 Å². The average Bonchev–Trinajstić information content (AvgIpc) is 3.15. The monoisotopic (exact) mass is 407 g/mol. The van der Waals surface area contributed by atoms with Gasteiger partial charge >= 0.3 is 0 Å². The lowest BCUT2D eigenvalue weighted by atomic mass is 10.0. The summed E-state index contributed by atoms with van der Waals surface area (Å²) < 4.78 is 33.6. The first kappa shape index (κ1) is 20.5. The van der Waals surface area contributed by atoms with Gasteiger partial charge in [-0.15, -0.1) is 0 Å². The Labute approximate surface area is 164 Å². The molecule has 1 aromatic heterocycles. The standard InChI is InChI=1S/C19H25N3O5S/c1-26-12-10-17-20-19(27-21-17)16-5-3-4-11-22(16)18(23)13-14-6-8-15(9-7-14)28(2,24)25/h6-9,16H,3-5,10-13H2,1-2H3. The minimum Gasteiger partial charge on any atom is -0.384 e. The fourth-order valence-electron chi connectivity index (χ4n) is 3.32. The molecule has 2 aromatic rings. The van der Waals surface area contributed by atoms with Crippen molar-refractivity contribution in [3.63, 3.8) is 0 Å². The highest BCUT2D eigenvalue weighted by Gasteiger charge is 2.32. The molecule has 1 aromatic carbocycles. The number of amides is 1. The van der Waals surface area contributed by atoms with Crippen molar-refractivity contribution in [2.45, 2.75) is 43.0 Å². The SMILES string of the molecule is COCCc1noc(C2CCCCN2C(=O)Cc2ccc(S(C)(=O)=O)cc2)n1. The normalized spacial score (nSPS) is 17.6. The van der Waals surface area contributed by atoms with Crippen molar-refractivity contribution < 1.29 is 22.5 Å². The zero-order valence-electron chi connectivity index (χ0n) is 16.1. The third kappa shape index (κ3) is 4.96. The molecule has 0 spiro atoms. The predicted octanol–water partition coefficient (Wildman–Crippen LogP) is 1.96. The van der Waals surface area contributed by atoms with Crippen LogP contribution >= 0.6 is 0 Å². The molecule has 1 aliphatic rings. The van der Waals surface area contributed by atoms with Gasteiger partial charge < -0.3 is 14.2 Å². The van der Waals surface area contributed by atoms with Gasteiger partial charge in [-0.1, -0.05) is 17.3 Å². The second kappa shape index (κ2) is 8.83. The topological polar surface area (TPSA) is 103 Å². The van der Waals surface area contributed by atoms with Crippen LogP contribution in [0.4, 0.5) is 0 Å². The Morgan fingerprint density at radius 3 is 2.71 bits per heavy atom. The zero-order valence-corrected chi connectivity index (χ0v) is 16.9. The lowest BCUT2D eigenvalue weighted by Gasteiger charge is -2.33. The Bertz CT molecular complexity index is 908. The molecule has 0 aliphatic carbocycles. The first-order chi connectivity index (χ1) is 13.4. The quantitative estimate of drug-likeness (QED) is 0.691. The van der Waals surface area contributed by atoms with Gasteiger partial charge in [0.25, 0.3) is 0 Å². The van der Waals surface area contributed by atoms with E-state index in [0.29, 0.717) is 31.3 Å². The van der Waals surface area contributed by atoms with Crippen LogP contribution in [0.2, 0.25) is 0 Å². The van der Waals surface area contributed by atoms with E-state index >= 15 is 0 Å². The van der Waals surface area contributed by atoms with E-state index in [1.807, 2.05) is 0 Å². The summed E-state index contributed by atoms with van der Waals surface area (Å²) in [4.78, 5) is 19.4. The average molecular weight is 407 g/mol. The summed E-state index contributed by atoms with van der Waals surface area (Å²) in [5.74, 6) is 1.01. The Morgan fingerprint density at radius 2 is 2.04 bits per heavy atom. The van der Waals surface area contributed by atoms with E-state index in [1.165, 1.54) is 12.1 Å². The van der Waals surface area contributed by atoms with Crippen LogP contribution in [0.5, 0.6) is 0 Å². The molecule has 0 radical (unpaired) electrons. The van der Waals surface area contributed by atoms with Gasteiger partial charge in [0, 0.05) is 26.3 Å². The number of ether oxygens (including phenoxy) is 1. The van der Waals surface area contributed by atoms with Crippen molar-refractivity contribution in [2.75, 3.05) is 26.5 Å². The summed E-state index contributed by atoms with van der Waals surface area (Å²) in [6.07, 6.45) is 4.63. The van der Waals surface area contributed by atoms with Gasteiger partial charge in [0.05, 0.1) is 17.9 Å². The lowest BCUT2D eigenvalue weighted by molar-refractivity contribution is -0.135. The molecule has 28 heavy (non-hydrogen) atoms. The number of aromatic nitrogens is 2. The third-order valence-electron chi connectivity index (χ3n) is 4.83. The third-order valence-corrected chi connectivity index (χ3v) is 5.96. The molecule has 0 saturated carbocycles. The Hall–Kier alpha value is -2.26. The first-order valence-electron chi connectivity index (χ1n) is 9.28. The van der Waals surface area contributed by atoms with Crippen LogP contribution in [0, 0.1) is 0 Å². The van der Waals surface area contributed by atoms with Crippen molar-refractivity contribution in [3.05, 3.63) is 41.5 Å². The molecule has 152 valence electrons. The van der Waals surface area contributed by atoms with Crippen molar-refractivity contribution in [2.24, 2.45) is 0 Å². The Morgan fingerprint density at radius 1 is 1.29 bits per heavy atom. The summed E-state index contributed by atoms with van der Waals surface area (Å²) >= 11 is 0. The zero-order chi connectivity index (χ0) is 20.1. The van der Waals surface area contributed by atoms with E-state index in [0.717, 1.165) is 31.1 Å². The highest BCUT2D eigenvalue weighted by molar-refractivity contribution is 7.90. The van der Waals surface area contributed by atoms with Crippen LogP contribution < -0.4 is 0 Å². The largest absolute Gasteiger partial charge is 0.384 e. The van der Waals surface area contributed by atoms with E-state index in [4.69, 9.17) is 9.26 Å². The summed E-state index contributed by atoms with van der Waals surface area (Å²) in [7, 11) is -1.63. The Kier molecular flexibility index (Phi) is 6.46. The van der Waals surface area contributed by atoms with E-state index in [2.05, 4.69) is 10.1 Å². The second-order valence-electron chi connectivity index (χ2n) is 6.98. The van der Waals surface area contributed by atoms with Gasteiger partial charge in [0.1, 0.15) is 6.04 Å². The molecule has 8 nitrogen and oxygen atoms in total. The molecule has 1 amide bonds. The molecule has 0 N–H and O–H groups in total. The maximum atomic E-state index is 12.9. The van der Waals surface area contributed by atoms with Crippen LogP contribution in [0.3, 0.4) is 0 Å². The molecule has 3 rings (SSSR count). The summed E-state index contributed by atoms with van der Waals surface area (Å²) in [6, 6.07) is 6.21. The van der Waals surface area contributed by atoms with Crippen molar-refractivity contribution in [1.29, 1.82) is 0 Å². The molecule has 1 atom stereocenters. The number of hydrogen-bond acceptors (Lipinski definition) is 7. The van der Waals surface area contributed by atoms with Crippen molar-refractivity contribution in [3.8, 4) is 0 Å². The molecular formula is C19H25N3O5S. The minimum atomic E-state index is -3.25. The van der Waals surface area contributed by atoms with E-state index < -0.39 is 9.84 Å². The van der Waals surface area contributed by atoms with Crippen LogP contribution in [0.25, 0.3) is 0 Å². The number of carbonyl (C=O) groups excluding carboxylic acids is 1. The number of sulfone groups is 1. The van der Waals surface area contributed by atoms with Gasteiger partial charge in [-0.05, 0) is 37.0 Å². The number of benzene rings is 1.